The largest absolute Gasteiger partial charge is 0.381 e. The van der Waals surface area contributed by atoms with Crippen molar-refractivity contribution in [3.05, 3.63) is 0 Å². The predicted octanol–water partition coefficient (Wildman–Crippen LogP) is 0.308. The zero-order valence-corrected chi connectivity index (χ0v) is 9.79. The summed E-state index contributed by atoms with van der Waals surface area (Å²) in [6.45, 7) is 1.48. The summed E-state index contributed by atoms with van der Waals surface area (Å²) in [5.41, 5.74) is 0. The van der Waals surface area contributed by atoms with Crippen molar-refractivity contribution in [3.8, 4) is 12.3 Å². The van der Waals surface area contributed by atoms with Crippen molar-refractivity contribution < 1.29 is 13.2 Å². The molecule has 0 amide bonds. The van der Waals surface area contributed by atoms with Gasteiger partial charge in [-0.2, -0.15) is 4.31 Å². The lowest BCUT2D eigenvalue weighted by Crippen LogP contribution is -2.34. The fraction of sp³-hybridized carbons (Fsp3) is 0.800. The second-order valence-electron chi connectivity index (χ2n) is 3.79. The van der Waals surface area contributed by atoms with Crippen LogP contribution in [-0.4, -0.2) is 45.3 Å². The van der Waals surface area contributed by atoms with Gasteiger partial charge >= 0.3 is 0 Å². The number of hydrogen-bond donors (Lipinski definition) is 0. The second kappa shape index (κ2) is 5.50. The van der Waals surface area contributed by atoms with Crippen molar-refractivity contribution in [3.63, 3.8) is 0 Å². The Morgan fingerprint density at radius 2 is 2.07 bits per heavy atom. The summed E-state index contributed by atoms with van der Waals surface area (Å²) >= 11 is 0. The molecule has 1 rings (SSSR count). The van der Waals surface area contributed by atoms with Gasteiger partial charge in [-0.15, -0.1) is 6.42 Å². The van der Waals surface area contributed by atoms with Crippen LogP contribution in [0, 0.1) is 18.3 Å². The summed E-state index contributed by atoms with van der Waals surface area (Å²) in [6.07, 6.45) is 6.73. The molecule has 0 aromatic carbocycles. The van der Waals surface area contributed by atoms with Crippen LogP contribution < -0.4 is 0 Å². The van der Waals surface area contributed by atoms with Gasteiger partial charge in [0, 0.05) is 20.3 Å². The summed E-state index contributed by atoms with van der Waals surface area (Å²) in [5, 5.41) is 0. The van der Waals surface area contributed by atoms with Crippen LogP contribution >= 0.6 is 0 Å². The van der Waals surface area contributed by atoms with E-state index in [2.05, 4.69) is 5.92 Å². The van der Waals surface area contributed by atoms with Crippen molar-refractivity contribution in [2.75, 3.05) is 32.6 Å². The van der Waals surface area contributed by atoms with Crippen LogP contribution in [0.15, 0.2) is 0 Å². The van der Waals surface area contributed by atoms with Crippen molar-refractivity contribution in [1.29, 1.82) is 0 Å². The number of terminal acetylenes is 1. The highest BCUT2D eigenvalue weighted by Crippen LogP contribution is 2.17. The van der Waals surface area contributed by atoms with Crippen LogP contribution in [0.2, 0.25) is 0 Å². The van der Waals surface area contributed by atoms with Crippen molar-refractivity contribution in [2.24, 2.45) is 5.92 Å². The Balaban J connectivity index is 2.51. The normalized spacial score (nSPS) is 19.0. The maximum absolute atomic E-state index is 11.8. The van der Waals surface area contributed by atoms with E-state index in [0.29, 0.717) is 13.2 Å². The number of rotatable bonds is 4. The average Bonchev–Trinajstić information content (AvgIpc) is 2.19. The molecule has 1 aliphatic rings. The Labute approximate surface area is 91.7 Å². The first kappa shape index (κ1) is 12.5. The lowest BCUT2D eigenvalue weighted by Gasteiger charge is -2.24. The molecule has 4 nitrogen and oxygen atoms in total. The maximum atomic E-state index is 11.8. The first-order valence-electron chi connectivity index (χ1n) is 5.01. The first-order chi connectivity index (χ1) is 7.06. The molecule has 5 heteroatoms. The Hall–Kier alpha value is -0.570. The van der Waals surface area contributed by atoms with E-state index in [-0.39, 0.29) is 18.2 Å². The highest BCUT2D eigenvalue weighted by Gasteiger charge is 2.24. The van der Waals surface area contributed by atoms with Crippen molar-refractivity contribution in [2.45, 2.75) is 12.8 Å². The van der Waals surface area contributed by atoms with Crippen LogP contribution in [-0.2, 0) is 14.8 Å². The molecule has 0 spiro atoms. The van der Waals surface area contributed by atoms with Gasteiger partial charge in [-0.05, 0) is 18.8 Å². The van der Waals surface area contributed by atoms with Gasteiger partial charge in [0.1, 0.15) is 0 Å². The molecule has 1 aliphatic heterocycles. The molecule has 1 saturated heterocycles. The minimum atomic E-state index is -3.19. The third kappa shape index (κ3) is 3.82. The second-order valence-corrected chi connectivity index (χ2v) is 5.91. The number of ether oxygens (including phenoxy) is 1. The number of nitrogens with zero attached hydrogens (tertiary/aromatic N) is 1. The van der Waals surface area contributed by atoms with E-state index in [1.807, 2.05) is 0 Å². The molecule has 0 unspecified atom stereocenters. The van der Waals surface area contributed by atoms with E-state index in [0.717, 1.165) is 12.8 Å². The molecule has 0 aromatic rings. The molecule has 0 N–H and O–H groups in total. The third-order valence-electron chi connectivity index (χ3n) is 2.58. The number of hydrogen-bond acceptors (Lipinski definition) is 3. The van der Waals surface area contributed by atoms with Gasteiger partial charge in [0.25, 0.3) is 0 Å². The Morgan fingerprint density at radius 3 is 2.60 bits per heavy atom. The van der Waals surface area contributed by atoms with E-state index < -0.39 is 10.0 Å². The summed E-state index contributed by atoms with van der Waals surface area (Å²) in [6, 6.07) is 0. The van der Waals surface area contributed by atoms with Gasteiger partial charge in [0.2, 0.25) is 10.0 Å². The molecule has 0 radical (unpaired) electrons. The van der Waals surface area contributed by atoms with Crippen LogP contribution in [0.1, 0.15) is 12.8 Å². The molecular formula is C10H17NO3S. The van der Waals surface area contributed by atoms with Crippen LogP contribution in [0.25, 0.3) is 0 Å². The quantitative estimate of drug-likeness (QED) is 0.654. The summed E-state index contributed by atoms with van der Waals surface area (Å²) in [7, 11) is -1.66. The Morgan fingerprint density at radius 1 is 1.47 bits per heavy atom. The van der Waals surface area contributed by atoms with Crippen LogP contribution in [0.5, 0.6) is 0 Å². The standard InChI is InChI=1S/C10H17NO3S/c1-3-6-11(2)15(12,13)9-10-4-7-14-8-5-10/h1,10H,4-9H2,2H3. The van der Waals surface area contributed by atoms with Gasteiger partial charge in [-0.3, -0.25) is 0 Å². The lowest BCUT2D eigenvalue weighted by molar-refractivity contribution is 0.0721. The van der Waals surface area contributed by atoms with E-state index in [9.17, 15) is 8.42 Å². The van der Waals surface area contributed by atoms with Crippen LogP contribution in [0.4, 0.5) is 0 Å². The predicted molar refractivity (Wildman–Crippen MR) is 58.8 cm³/mol. The topological polar surface area (TPSA) is 46.6 Å². The lowest BCUT2D eigenvalue weighted by atomic mass is 10.0. The van der Waals surface area contributed by atoms with E-state index in [4.69, 9.17) is 11.2 Å². The van der Waals surface area contributed by atoms with Gasteiger partial charge in [0.15, 0.2) is 0 Å². The first-order valence-corrected chi connectivity index (χ1v) is 6.62. The molecule has 1 fully saturated rings. The zero-order valence-electron chi connectivity index (χ0n) is 8.98. The summed E-state index contributed by atoms with van der Waals surface area (Å²) in [5.74, 6) is 2.73. The third-order valence-corrected chi connectivity index (χ3v) is 4.55. The zero-order chi connectivity index (χ0) is 11.3. The maximum Gasteiger partial charge on any atom is 0.214 e. The highest BCUT2D eigenvalue weighted by atomic mass is 32.2. The molecule has 0 aromatic heterocycles. The van der Waals surface area contributed by atoms with Gasteiger partial charge in [-0.25, -0.2) is 8.42 Å². The monoisotopic (exact) mass is 231 g/mol. The van der Waals surface area contributed by atoms with E-state index >= 15 is 0 Å². The van der Waals surface area contributed by atoms with Crippen LogP contribution in [0.3, 0.4) is 0 Å². The fourth-order valence-electron chi connectivity index (χ4n) is 1.57. The molecule has 0 atom stereocenters. The molecular weight excluding hydrogens is 214 g/mol. The molecule has 0 bridgehead atoms. The highest BCUT2D eigenvalue weighted by molar-refractivity contribution is 7.89. The smallest absolute Gasteiger partial charge is 0.214 e. The van der Waals surface area contributed by atoms with E-state index in [1.54, 1.807) is 0 Å². The van der Waals surface area contributed by atoms with Crippen molar-refractivity contribution >= 4 is 10.0 Å². The SMILES string of the molecule is C#CCN(C)S(=O)(=O)CC1CCOCC1. The Kier molecular flexibility index (Phi) is 4.58. The van der Waals surface area contributed by atoms with Crippen molar-refractivity contribution in [1.82, 2.24) is 4.31 Å². The Bertz CT molecular complexity index is 325. The molecule has 15 heavy (non-hydrogen) atoms. The van der Waals surface area contributed by atoms with E-state index in [1.165, 1.54) is 11.4 Å². The van der Waals surface area contributed by atoms with Gasteiger partial charge < -0.3 is 4.74 Å². The molecule has 0 aliphatic carbocycles. The molecule has 86 valence electrons. The number of sulfonamides is 1. The molecule has 1 heterocycles. The minimum Gasteiger partial charge on any atom is -0.381 e. The summed E-state index contributed by atoms with van der Waals surface area (Å²) < 4.78 is 30.0. The molecule has 0 saturated carbocycles. The minimum absolute atomic E-state index is 0.144. The van der Waals surface area contributed by atoms with Gasteiger partial charge in [0.05, 0.1) is 12.3 Å². The summed E-state index contributed by atoms with van der Waals surface area (Å²) in [4.78, 5) is 0. The van der Waals surface area contributed by atoms with Gasteiger partial charge in [-0.1, -0.05) is 5.92 Å². The average molecular weight is 231 g/mol. The fourth-order valence-corrected chi connectivity index (χ4v) is 3.02.